The van der Waals surface area contributed by atoms with Crippen LogP contribution >= 0.6 is 0 Å². The third-order valence-corrected chi connectivity index (χ3v) is 3.80. The molecule has 1 aliphatic carbocycles. The molecule has 0 saturated heterocycles. The van der Waals surface area contributed by atoms with E-state index in [9.17, 15) is 9.59 Å². The Morgan fingerprint density at radius 3 is 2.40 bits per heavy atom. The van der Waals surface area contributed by atoms with Crippen molar-refractivity contribution in [2.24, 2.45) is 11.8 Å². The van der Waals surface area contributed by atoms with Crippen LogP contribution < -0.4 is 5.32 Å². The molecule has 0 aromatic rings. The number of hydrogen-bond acceptors (Lipinski definition) is 2. The van der Waals surface area contributed by atoms with E-state index in [1.54, 1.807) is 0 Å². The lowest BCUT2D eigenvalue weighted by molar-refractivity contribution is -0.143. The minimum atomic E-state index is -0.744. The topological polar surface area (TPSA) is 69.6 Å². The van der Waals surface area contributed by atoms with Crippen LogP contribution in [-0.4, -0.2) is 40.6 Å². The van der Waals surface area contributed by atoms with Gasteiger partial charge in [-0.15, -0.1) is 0 Å². The monoisotopic (exact) mass is 284 g/mol. The second-order valence-corrected chi connectivity index (χ2v) is 6.49. The molecule has 2 N–H and O–H groups in total. The molecule has 0 aliphatic heterocycles. The zero-order valence-electron chi connectivity index (χ0n) is 13.1. The van der Waals surface area contributed by atoms with Gasteiger partial charge in [0.25, 0.3) is 0 Å². The van der Waals surface area contributed by atoms with E-state index >= 15 is 0 Å². The van der Waals surface area contributed by atoms with Crippen LogP contribution in [-0.2, 0) is 4.79 Å². The van der Waals surface area contributed by atoms with E-state index in [0.29, 0.717) is 12.3 Å². The minimum absolute atomic E-state index is 0.00855. The average Bonchev–Trinajstić information content (AvgIpc) is 2.35. The summed E-state index contributed by atoms with van der Waals surface area (Å²) < 4.78 is 0. The largest absolute Gasteiger partial charge is 0.481 e. The Kier molecular flexibility index (Phi) is 6.30. The molecule has 2 atom stereocenters. The third-order valence-electron chi connectivity index (χ3n) is 3.80. The highest BCUT2D eigenvalue weighted by atomic mass is 16.4. The van der Waals surface area contributed by atoms with Crippen LogP contribution in [0.25, 0.3) is 0 Å². The molecule has 116 valence electrons. The predicted molar refractivity (Wildman–Crippen MR) is 78.6 cm³/mol. The molecule has 0 aromatic carbocycles. The first-order valence-electron chi connectivity index (χ1n) is 7.61. The standard InChI is InChI=1S/C15H28N2O3/c1-10(2)9-17(11(3)4)15(20)16-13-7-5-6-12(8-13)14(18)19/h10-13H,5-9H2,1-4H3,(H,16,20)(H,18,19). The van der Waals surface area contributed by atoms with E-state index in [-0.39, 0.29) is 24.0 Å². The van der Waals surface area contributed by atoms with Gasteiger partial charge in [0.05, 0.1) is 5.92 Å². The first kappa shape index (κ1) is 16.8. The number of urea groups is 1. The Bertz CT molecular complexity index is 342. The summed E-state index contributed by atoms with van der Waals surface area (Å²) in [6.07, 6.45) is 3.02. The molecule has 20 heavy (non-hydrogen) atoms. The second-order valence-electron chi connectivity index (χ2n) is 6.49. The van der Waals surface area contributed by atoms with Crippen LogP contribution in [0.2, 0.25) is 0 Å². The number of nitrogens with zero attached hydrogens (tertiary/aromatic N) is 1. The van der Waals surface area contributed by atoms with Crippen LogP contribution in [0.4, 0.5) is 4.79 Å². The number of rotatable bonds is 5. The van der Waals surface area contributed by atoms with Gasteiger partial charge in [-0.2, -0.15) is 0 Å². The van der Waals surface area contributed by atoms with Crippen LogP contribution in [0, 0.1) is 11.8 Å². The lowest BCUT2D eigenvalue weighted by atomic mass is 9.86. The summed E-state index contributed by atoms with van der Waals surface area (Å²) >= 11 is 0. The number of amides is 2. The first-order chi connectivity index (χ1) is 9.31. The zero-order valence-corrected chi connectivity index (χ0v) is 13.1. The van der Waals surface area contributed by atoms with Crippen molar-refractivity contribution >= 4 is 12.0 Å². The molecule has 0 radical (unpaired) electrons. The predicted octanol–water partition coefficient (Wildman–Crippen LogP) is 2.71. The van der Waals surface area contributed by atoms with Gasteiger partial charge < -0.3 is 15.3 Å². The average molecular weight is 284 g/mol. The van der Waals surface area contributed by atoms with Crippen molar-refractivity contribution in [1.82, 2.24) is 10.2 Å². The molecule has 1 aliphatic rings. The summed E-state index contributed by atoms with van der Waals surface area (Å²) in [6, 6.07) is 0.0757. The van der Waals surface area contributed by atoms with E-state index < -0.39 is 5.97 Å². The van der Waals surface area contributed by atoms with Crippen molar-refractivity contribution < 1.29 is 14.7 Å². The SMILES string of the molecule is CC(C)CN(C(=O)NC1CCCC(C(=O)O)C1)C(C)C. The van der Waals surface area contributed by atoms with Crippen molar-refractivity contribution in [3.8, 4) is 0 Å². The molecule has 2 unspecified atom stereocenters. The van der Waals surface area contributed by atoms with Crippen molar-refractivity contribution in [3.63, 3.8) is 0 Å². The number of carboxylic acid groups (broad SMARTS) is 1. The molecule has 0 bridgehead atoms. The van der Waals surface area contributed by atoms with E-state index in [4.69, 9.17) is 5.11 Å². The summed E-state index contributed by atoms with van der Waals surface area (Å²) in [5, 5.41) is 12.1. The van der Waals surface area contributed by atoms with Crippen molar-refractivity contribution in [3.05, 3.63) is 0 Å². The molecule has 1 saturated carbocycles. The lowest BCUT2D eigenvalue weighted by Gasteiger charge is -2.33. The Hall–Kier alpha value is -1.26. The summed E-state index contributed by atoms with van der Waals surface area (Å²) in [5.74, 6) is -0.639. The maximum Gasteiger partial charge on any atom is 0.317 e. The van der Waals surface area contributed by atoms with Gasteiger partial charge in [-0.1, -0.05) is 20.3 Å². The van der Waals surface area contributed by atoms with Gasteiger partial charge in [-0.25, -0.2) is 4.79 Å². The molecular weight excluding hydrogens is 256 g/mol. The second kappa shape index (κ2) is 7.50. The van der Waals surface area contributed by atoms with E-state index in [2.05, 4.69) is 19.2 Å². The fourth-order valence-electron chi connectivity index (χ4n) is 2.72. The molecule has 2 amide bonds. The highest BCUT2D eigenvalue weighted by Crippen LogP contribution is 2.24. The summed E-state index contributed by atoms with van der Waals surface area (Å²) in [7, 11) is 0. The molecule has 1 fully saturated rings. The summed E-state index contributed by atoms with van der Waals surface area (Å²) in [6.45, 7) is 8.90. The Morgan fingerprint density at radius 1 is 1.25 bits per heavy atom. The summed E-state index contributed by atoms with van der Waals surface area (Å²) in [4.78, 5) is 25.2. The van der Waals surface area contributed by atoms with Gasteiger partial charge in [0, 0.05) is 18.6 Å². The number of carboxylic acids is 1. The molecule has 0 aromatic heterocycles. The quantitative estimate of drug-likeness (QED) is 0.815. The van der Waals surface area contributed by atoms with Crippen LogP contribution in [0.1, 0.15) is 53.4 Å². The molecule has 5 heteroatoms. The Labute approximate surface area is 121 Å². The van der Waals surface area contributed by atoms with Gasteiger partial charge in [0.2, 0.25) is 0 Å². The highest BCUT2D eigenvalue weighted by Gasteiger charge is 2.29. The van der Waals surface area contributed by atoms with Gasteiger partial charge in [-0.3, -0.25) is 4.79 Å². The molecule has 0 spiro atoms. The van der Waals surface area contributed by atoms with E-state index in [0.717, 1.165) is 25.8 Å². The van der Waals surface area contributed by atoms with Gasteiger partial charge in [-0.05, 0) is 39.0 Å². The normalized spacial score (nSPS) is 22.9. The summed E-state index contributed by atoms with van der Waals surface area (Å²) in [5.41, 5.74) is 0. The van der Waals surface area contributed by atoms with Crippen LogP contribution in [0.3, 0.4) is 0 Å². The molecule has 0 heterocycles. The number of aliphatic carboxylic acids is 1. The number of nitrogens with one attached hydrogen (secondary N) is 1. The van der Waals surface area contributed by atoms with E-state index in [1.165, 1.54) is 0 Å². The van der Waals surface area contributed by atoms with Crippen molar-refractivity contribution in [2.75, 3.05) is 6.54 Å². The first-order valence-corrected chi connectivity index (χ1v) is 7.61. The fraction of sp³-hybridized carbons (Fsp3) is 0.867. The molecular formula is C15H28N2O3. The third kappa shape index (κ3) is 5.02. The highest BCUT2D eigenvalue weighted by molar-refractivity contribution is 5.75. The van der Waals surface area contributed by atoms with Gasteiger partial charge in [0.1, 0.15) is 0 Å². The minimum Gasteiger partial charge on any atom is -0.481 e. The number of carbonyl (C=O) groups is 2. The molecule has 1 rings (SSSR count). The Morgan fingerprint density at radius 2 is 1.90 bits per heavy atom. The maximum atomic E-state index is 12.3. The number of carbonyl (C=O) groups excluding carboxylic acids is 1. The van der Waals surface area contributed by atoms with Crippen molar-refractivity contribution in [1.29, 1.82) is 0 Å². The fourth-order valence-corrected chi connectivity index (χ4v) is 2.72. The van der Waals surface area contributed by atoms with E-state index in [1.807, 2.05) is 18.7 Å². The number of hydrogen-bond donors (Lipinski definition) is 2. The Balaban J connectivity index is 2.56. The molecule has 5 nitrogen and oxygen atoms in total. The smallest absolute Gasteiger partial charge is 0.317 e. The zero-order chi connectivity index (χ0) is 15.3. The van der Waals surface area contributed by atoms with Gasteiger partial charge in [0.15, 0.2) is 0 Å². The maximum absolute atomic E-state index is 12.3. The van der Waals surface area contributed by atoms with Gasteiger partial charge >= 0.3 is 12.0 Å². The van der Waals surface area contributed by atoms with Crippen LogP contribution in [0.15, 0.2) is 0 Å². The van der Waals surface area contributed by atoms with Crippen LogP contribution in [0.5, 0.6) is 0 Å². The lowest BCUT2D eigenvalue weighted by Crippen LogP contribution is -2.50. The van der Waals surface area contributed by atoms with Crippen molar-refractivity contribution in [2.45, 2.75) is 65.5 Å².